The van der Waals surface area contributed by atoms with Gasteiger partial charge in [-0.2, -0.15) is 4.52 Å². The van der Waals surface area contributed by atoms with Crippen LogP contribution >= 0.6 is 0 Å². The summed E-state index contributed by atoms with van der Waals surface area (Å²) in [7, 11) is 0. The molecule has 0 spiro atoms. The summed E-state index contributed by atoms with van der Waals surface area (Å²) >= 11 is 0. The van der Waals surface area contributed by atoms with Crippen molar-refractivity contribution in [1.29, 1.82) is 0 Å². The van der Waals surface area contributed by atoms with Gasteiger partial charge in [0, 0.05) is 26.2 Å². The lowest BCUT2D eigenvalue weighted by Crippen LogP contribution is -2.37. The Morgan fingerprint density at radius 2 is 1.93 bits per heavy atom. The number of hydrogen-bond acceptors (Lipinski definition) is 6. The molecule has 142 valence electrons. The van der Waals surface area contributed by atoms with Gasteiger partial charge in [0.25, 0.3) is 0 Å². The lowest BCUT2D eigenvalue weighted by atomic mass is 10.3. The Balaban J connectivity index is 1.28. The first-order valence-corrected chi connectivity index (χ1v) is 9.37. The molecule has 9 nitrogen and oxygen atoms in total. The van der Waals surface area contributed by atoms with Crippen molar-refractivity contribution in [2.75, 3.05) is 31.1 Å². The molecule has 0 aliphatic carbocycles. The molecule has 0 N–H and O–H groups in total. The summed E-state index contributed by atoms with van der Waals surface area (Å²) in [4.78, 5) is 21.4. The van der Waals surface area contributed by atoms with E-state index in [1.165, 1.54) is 0 Å². The number of amides is 1. The predicted octanol–water partition coefficient (Wildman–Crippen LogP) is 1.21. The van der Waals surface area contributed by atoms with Crippen molar-refractivity contribution in [2.24, 2.45) is 0 Å². The highest BCUT2D eigenvalue weighted by atomic mass is 16.2. The van der Waals surface area contributed by atoms with Gasteiger partial charge in [0.1, 0.15) is 18.7 Å². The van der Waals surface area contributed by atoms with Gasteiger partial charge < -0.3 is 14.4 Å². The van der Waals surface area contributed by atoms with Crippen LogP contribution in [0.4, 0.5) is 5.82 Å². The van der Waals surface area contributed by atoms with Crippen molar-refractivity contribution in [3.8, 4) is 0 Å². The molecule has 1 saturated heterocycles. The number of fused-ring (bicyclic) bond motifs is 2. The van der Waals surface area contributed by atoms with Gasteiger partial charge in [-0.25, -0.2) is 4.98 Å². The van der Waals surface area contributed by atoms with E-state index in [0.717, 1.165) is 48.6 Å². The van der Waals surface area contributed by atoms with E-state index >= 15 is 0 Å². The average Bonchev–Trinajstić information content (AvgIpc) is 3.27. The van der Waals surface area contributed by atoms with Crippen LogP contribution < -0.4 is 4.90 Å². The fourth-order valence-electron chi connectivity index (χ4n) is 3.67. The molecule has 5 rings (SSSR count). The number of carbonyl (C=O) groups is 1. The predicted molar refractivity (Wildman–Crippen MR) is 104 cm³/mol. The standard InChI is InChI=1S/C19H20N8O/c28-19(12-26-13-20-15-4-1-2-5-16(15)26)25-9-3-8-24(10-11-25)18-7-6-17-22-21-14-27(17)23-18/h1-2,4-7,13-14H,3,8-12H2. The van der Waals surface area contributed by atoms with Gasteiger partial charge >= 0.3 is 0 Å². The van der Waals surface area contributed by atoms with E-state index in [4.69, 9.17) is 0 Å². The average molecular weight is 376 g/mol. The number of carbonyl (C=O) groups excluding carboxylic acids is 1. The van der Waals surface area contributed by atoms with Gasteiger partial charge in [-0.1, -0.05) is 12.1 Å². The molecule has 9 heteroatoms. The minimum atomic E-state index is 0.118. The first-order chi connectivity index (χ1) is 13.8. The van der Waals surface area contributed by atoms with Gasteiger partial charge in [-0.3, -0.25) is 4.79 Å². The van der Waals surface area contributed by atoms with Gasteiger partial charge in [-0.15, -0.1) is 15.3 Å². The Kier molecular flexibility index (Phi) is 4.12. The summed E-state index contributed by atoms with van der Waals surface area (Å²) in [5, 5.41) is 12.4. The van der Waals surface area contributed by atoms with Crippen LogP contribution in [0.5, 0.6) is 0 Å². The molecule has 0 unspecified atom stereocenters. The first-order valence-electron chi connectivity index (χ1n) is 9.37. The molecule has 28 heavy (non-hydrogen) atoms. The Labute approximate surface area is 161 Å². The Bertz CT molecular complexity index is 1130. The molecule has 0 saturated carbocycles. The molecule has 0 radical (unpaired) electrons. The highest BCUT2D eigenvalue weighted by Crippen LogP contribution is 2.16. The van der Waals surface area contributed by atoms with Crippen molar-refractivity contribution in [1.82, 2.24) is 34.3 Å². The van der Waals surface area contributed by atoms with Gasteiger partial charge in [0.05, 0.1) is 17.4 Å². The van der Waals surface area contributed by atoms with E-state index in [-0.39, 0.29) is 5.91 Å². The topological polar surface area (TPSA) is 84.5 Å². The maximum absolute atomic E-state index is 12.9. The summed E-state index contributed by atoms with van der Waals surface area (Å²) in [6, 6.07) is 11.7. The SMILES string of the molecule is O=C(Cn1cnc2ccccc21)N1CCCN(c2ccc3nncn3n2)CC1. The molecule has 1 fully saturated rings. The number of nitrogens with zero attached hydrogens (tertiary/aromatic N) is 8. The summed E-state index contributed by atoms with van der Waals surface area (Å²) < 4.78 is 3.59. The van der Waals surface area contributed by atoms with Crippen LogP contribution in [0.25, 0.3) is 16.7 Å². The number of rotatable bonds is 3. The Morgan fingerprint density at radius 3 is 2.89 bits per heavy atom. The molecule has 0 bridgehead atoms. The van der Waals surface area contributed by atoms with Crippen LogP contribution in [0.2, 0.25) is 0 Å². The van der Waals surface area contributed by atoms with Gasteiger partial charge in [-0.05, 0) is 30.7 Å². The van der Waals surface area contributed by atoms with Crippen molar-refractivity contribution >= 4 is 28.4 Å². The van der Waals surface area contributed by atoms with Crippen LogP contribution in [-0.2, 0) is 11.3 Å². The number of hydrogen-bond donors (Lipinski definition) is 0. The van der Waals surface area contributed by atoms with Crippen LogP contribution in [0.15, 0.2) is 49.1 Å². The van der Waals surface area contributed by atoms with Crippen molar-refractivity contribution < 1.29 is 4.79 Å². The highest BCUT2D eigenvalue weighted by Gasteiger charge is 2.21. The number of benzene rings is 1. The molecule has 1 aliphatic heterocycles. The van der Waals surface area contributed by atoms with Crippen LogP contribution in [0.1, 0.15) is 6.42 Å². The second kappa shape index (κ2) is 6.91. The largest absolute Gasteiger partial charge is 0.353 e. The Morgan fingerprint density at radius 1 is 1.00 bits per heavy atom. The zero-order valence-electron chi connectivity index (χ0n) is 15.3. The molecule has 0 atom stereocenters. The lowest BCUT2D eigenvalue weighted by Gasteiger charge is -2.23. The monoisotopic (exact) mass is 376 g/mol. The molecule has 1 amide bonds. The third-order valence-electron chi connectivity index (χ3n) is 5.15. The van der Waals surface area contributed by atoms with E-state index in [1.54, 1.807) is 17.2 Å². The number of anilines is 1. The Hall–Kier alpha value is -3.49. The fraction of sp³-hybridized carbons (Fsp3) is 0.316. The zero-order valence-corrected chi connectivity index (χ0v) is 15.3. The van der Waals surface area contributed by atoms with E-state index in [2.05, 4.69) is 25.2 Å². The van der Waals surface area contributed by atoms with E-state index < -0.39 is 0 Å². The third-order valence-corrected chi connectivity index (χ3v) is 5.15. The van der Waals surface area contributed by atoms with Crippen molar-refractivity contribution in [2.45, 2.75) is 13.0 Å². The van der Waals surface area contributed by atoms with E-state index in [9.17, 15) is 4.79 Å². The van der Waals surface area contributed by atoms with Crippen molar-refractivity contribution in [3.63, 3.8) is 0 Å². The smallest absolute Gasteiger partial charge is 0.242 e. The van der Waals surface area contributed by atoms with Gasteiger partial charge in [0.2, 0.25) is 5.91 Å². The maximum atomic E-state index is 12.9. The van der Waals surface area contributed by atoms with Crippen LogP contribution in [0.3, 0.4) is 0 Å². The molecule has 1 aliphatic rings. The van der Waals surface area contributed by atoms with Gasteiger partial charge in [0.15, 0.2) is 5.65 Å². The molecule has 1 aromatic carbocycles. The minimum absolute atomic E-state index is 0.118. The van der Waals surface area contributed by atoms with Crippen LogP contribution in [-0.4, -0.2) is 66.3 Å². The second-order valence-corrected chi connectivity index (χ2v) is 6.91. The van der Waals surface area contributed by atoms with E-state index in [0.29, 0.717) is 13.1 Å². The minimum Gasteiger partial charge on any atom is -0.353 e. The molecule has 4 heterocycles. The lowest BCUT2D eigenvalue weighted by molar-refractivity contribution is -0.131. The zero-order chi connectivity index (χ0) is 18.9. The number of aromatic nitrogens is 6. The number of para-hydroxylation sites is 2. The summed E-state index contributed by atoms with van der Waals surface area (Å²) in [6.07, 6.45) is 4.24. The fourth-order valence-corrected chi connectivity index (χ4v) is 3.67. The number of imidazole rings is 1. The maximum Gasteiger partial charge on any atom is 0.242 e. The highest BCUT2D eigenvalue weighted by molar-refractivity contribution is 5.80. The summed E-state index contributed by atoms with van der Waals surface area (Å²) in [5.74, 6) is 0.995. The quantitative estimate of drug-likeness (QED) is 0.534. The summed E-state index contributed by atoms with van der Waals surface area (Å²) in [5.41, 5.74) is 2.62. The normalized spacial score (nSPS) is 15.3. The molecular weight excluding hydrogens is 356 g/mol. The summed E-state index contributed by atoms with van der Waals surface area (Å²) in [6.45, 7) is 3.34. The van der Waals surface area contributed by atoms with Crippen LogP contribution in [0, 0.1) is 0 Å². The first kappa shape index (κ1) is 16.7. The third kappa shape index (κ3) is 3.04. The molecule has 4 aromatic rings. The molecular formula is C19H20N8O. The second-order valence-electron chi connectivity index (χ2n) is 6.91. The van der Waals surface area contributed by atoms with Crippen molar-refractivity contribution in [3.05, 3.63) is 49.1 Å². The van der Waals surface area contributed by atoms with E-state index in [1.807, 2.05) is 45.9 Å². The molecule has 3 aromatic heterocycles.